The molecule has 0 saturated heterocycles. The van der Waals surface area contributed by atoms with Gasteiger partial charge in [-0.05, 0) is 18.2 Å². The maximum atomic E-state index is 12.0. The lowest BCUT2D eigenvalue weighted by molar-refractivity contribution is -0.118. The van der Waals surface area contributed by atoms with Crippen LogP contribution in [0.4, 0.5) is 5.69 Å². The first-order valence-electron chi connectivity index (χ1n) is 8.01. The second-order valence-electron chi connectivity index (χ2n) is 6.03. The van der Waals surface area contributed by atoms with Crippen molar-refractivity contribution in [2.45, 2.75) is 13.8 Å². The van der Waals surface area contributed by atoms with Crippen LogP contribution in [0, 0.1) is 5.92 Å². The van der Waals surface area contributed by atoms with Crippen molar-refractivity contribution in [3.05, 3.63) is 59.0 Å². The molecule has 25 heavy (non-hydrogen) atoms. The zero-order chi connectivity index (χ0) is 18.0. The Kier molecular flexibility index (Phi) is 4.57. The summed E-state index contributed by atoms with van der Waals surface area (Å²) < 4.78 is 10.7. The van der Waals surface area contributed by atoms with Crippen molar-refractivity contribution in [1.82, 2.24) is 0 Å². The summed E-state index contributed by atoms with van der Waals surface area (Å²) in [6.07, 6.45) is 0. The molecule has 0 fully saturated rings. The van der Waals surface area contributed by atoms with Gasteiger partial charge < -0.3 is 14.5 Å². The zero-order valence-electron chi connectivity index (χ0n) is 14.3. The summed E-state index contributed by atoms with van der Waals surface area (Å²) in [5, 5.41) is 3.58. The molecule has 0 unspecified atom stereocenters. The van der Waals surface area contributed by atoms with Crippen molar-refractivity contribution < 1.29 is 13.9 Å². The van der Waals surface area contributed by atoms with E-state index >= 15 is 0 Å². The number of ether oxygens (including phenoxy) is 1. The molecule has 5 nitrogen and oxygen atoms in total. The molecule has 2 aromatic carbocycles. The molecule has 3 aromatic rings. The summed E-state index contributed by atoms with van der Waals surface area (Å²) in [5.41, 5.74) is 2.08. The number of methoxy groups -OCH3 is 1. The zero-order valence-corrected chi connectivity index (χ0v) is 14.3. The number of hydrogen-bond donors (Lipinski definition) is 1. The van der Waals surface area contributed by atoms with E-state index in [-0.39, 0.29) is 11.8 Å². The van der Waals surface area contributed by atoms with Gasteiger partial charge in [0.05, 0.1) is 7.11 Å². The highest BCUT2D eigenvalue weighted by molar-refractivity contribution is 5.98. The average Bonchev–Trinajstić information content (AvgIpc) is 2.60. The fourth-order valence-electron chi connectivity index (χ4n) is 2.62. The number of rotatable bonds is 4. The van der Waals surface area contributed by atoms with E-state index in [1.165, 1.54) is 6.07 Å². The molecule has 128 valence electrons. The molecule has 1 N–H and O–H groups in total. The van der Waals surface area contributed by atoms with Crippen LogP contribution in [0.1, 0.15) is 13.8 Å². The summed E-state index contributed by atoms with van der Waals surface area (Å²) >= 11 is 0. The number of hydrogen-bond acceptors (Lipinski definition) is 4. The highest BCUT2D eigenvalue weighted by Crippen LogP contribution is 2.34. The van der Waals surface area contributed by atoms with Gasteiger partial charge in [0, 0.05) is 40.3 Å². The molecule has 0 aliphatic rings. The van der Waals surface area contributed by atoms with Gasteiger partial charge in [0.2, 0.25) is 5.91 Å². The van der Waals surface area contributed by atoms with Crippen LogP contribution in [0.3, 0.4) is 0 Å². The molecule has 0 aliphatic carbocycles. The van der Waals surface area contributed by atoms with Gasteiger partial charge in [-0.25, -0.2) is 4.79 Å². The Hall–Kier alpha value is -3.08. The lowest BCUT2D eigenvalue weighted by Crippen LogP contribution is -2.17. The van der Waals surface area contributed by atoms with Gasteiger partial charge in [-0.15, -0.1) is 0 Å². The van der Waals surface area contributed by atoms with E-state index in [2.05, 4.69) is 5.32 Å². The Morgan fingerprint density at radius 2 is 1.84 bits per heavy atom. The van der Waals surface area contributed by atoms with Crippen LogP contribution in [0.5, 0.6) is 5.75 Å². The summed E-state index contributed by atoms with van der Waals surface area (Å²) in [7, 11) is 1.59. The highest BCUT2D eigenvalue weighted by atomic mass is 16.5. The van der Waals surface area contributed by atoms with Crippen molar-refractivity contribution in [3.8, 4) is 16.9 Å². The van der Waals surface area contributed by atoms with Crippen molar-refractivity contribution in [1.29, 1.82) is 0 Å². The molecule has 3 rings (SSSR count). The first kappa shape index (κ1) is 16.8. The fourth-order valence-corrected chi connectivity index (χ4v) is 2.62. The molecule has 0 saturated carbocycles. The predicted octanol–water partition coefficient (Wildman–Crippen LogP) is 4.06. The Morgan fingerprint density at radius 3 is 2.56 bits per heavy atom. The van der Waals surface area contributed by atoms with E-state index in [9.17, 15) is 9.59 Å². The van der Waals surface area contributed by atoms with Gasteiger partial charge in [0.1, 0.15) is 11.3 Å². The van der Waals surface area contributed by atoms with E-state index in [0.717, 1.165) is 16.5 Å². The number of fused-ring (bicyclic) bond motifs is 1. The smallest absolute Gasteiger partial charge is 0.336 e. The Morgan fingerprint density at radius 1 is 1.08 bits per heavy atom. The third-order valence-electron chi connectivity index (χ3n) is 3.93. The van der Waals surface area contributed by atoms with E-state index < -0.39 is 5.63 Å². The van der Waals surface area contributed by atoms with Crippen LogP contribution in [0.2, 0.25) is 0 Å². The number of carbonyl (C=O) groups is 1. The number of benzene rings is 2. The number of anilines is 1. The second-order valence-corrected chi connectivity index (χ2v) is 6.03. The number of amides is 1. The van der Waals surface area contributed by atoms with Crippen molar-refractivity contribution in [2.75, 3.05) is 12.4 Å². The van der Waals surface area contributed by atoms with Crippen LogP contribution < -0.4 is 15.7 Å². The lowest BCUT2D eigenvalue weighted by atomic mass is 10.0. The Labute approximate surface area is 145 Å². The van der Waals surface area contributed by atoms with Gasteiger partial charge in [-0.1, -0.05) is 32.0 Å². The molecular weight excluding hydrogens is 318 g/mol. The molecule has 1 aromatic heterocycles. The standard InChI is InChI=1S/C20H19NO4/c1-12(2)20(23)21-13-8-9-15-16(11-19(22)25-18(15)10-13)14-6-4-5-7-17(14)24-3/h4-12H,1-3H3,(H,21,23). The SMILES string of the molecule is COc1ccccc1-c1cc(=O)oc2cc(NC(=O)C(C)C)ccc12. The van der Waals surface area contributed by atoms with Gasteiger partial charge >= 0.3 is 5.63 Å². The molecule has 1 amide bonds. The molecule has 0 aliphatic heterocycles. The third kappa shape index (κ3) is 3.40. The Balaban J connectivity index is 2.15. The van der Waals surface area contributed by atoms with E-state index in [1.54, 1.807) is 19.2 Å². The Bertz CT molecular complexity index is 988. The van der Waals surface area contributed by atoms with Crippen LogP contribution >= 0.6 is 0 Å². The molecule has 5 heteroatoms. The minimum atomic E-state index is -0.458. The van der Waals surface area contributed by atoms with Gasteiger partial charge in [-0.3, -0.25) is 4.79 Å². The molecule has 0 radical (unpaired) electrons. The quantitative estimate of drug-likeness (QED) is 0.729. The number of carbonyl (C=O) groups excluding carboxylic acids is 1. The first-order valence-corrected chi connectivity index (χ1v) is 8.01. The summed E-state index contributed by atoms with van der Waals surface area (Å²) in [6, 6.07) is 14.2. The highest BCUT2D eigenvalue weighted by Gasteiger charge is 2.13. The first-order chi connectivity index (χ1) is 12.0. The fraction of sp³-hybridized carbons (Fsp3) is 0.200. The van der Waals surface area contributed by atoms with Gasteiger partial charge in [0.25, 0.3) is 0 Å². The second kappa shape index (κ2) is 6.81. The monoisotopic (exact) mass is 337 g/mol. The maximum absolute atomic E-state index is 12.0. The molecule has 0 bridgehead atoms. The average molecular weight is 337 g/mol. The minimum Gasteiger partial charge on any atom is -0.496 e. The van der Waals surface area contributed by atoms with Gasteiger partial charge in [-0.2, -0.15) is 0 Å². The summed E-state index contributed by atoms with van der Waals surface area (Å²) in [4.78, 5) is 23.9. The van der Waals surface area contributed by atoms with Crippen LogP contribution in [-0.2, 0) is 4.79 Å². The molecule has 1 heterocycles. The third-order valence-corrected chi connectivity index (χ3v) is 3.93. The number of para-hydroxylation sites is 1. The van der Waals surface area contributed by atoms with E-state index in [0.29, 0.717) is 17.0 Å². The van der Waals surface area contributed by atoms with E-state index in [1.807, 2.05) is 44.2 Å². The van der Waals surface area contributed by atoms with Crippen molar-refractivity contribution >= 4 is 22.6 Å². The predicted molar refractivity (Wildman–Crippen MR) is 97.9 cm³/mol. The molecule has 0 atom stereocenters. The summed E-state index contributed by atoms with van der Waals surface area (Å²) in [5.74, 6) is 0.441. The molecular formula is C20H19NO4. The van der Waals surface area contributed by atoms with Crippen molar-refractivity contribution in [3.63, 3.8) is 0 Å². The van der Waals surface area contributed by atoms with Crippen LogP contribution in [0.25, 0.3) is 22.1 Å². The largest absolute Gasteiger partial charge is 0.496 e. The number of nitrogens with one attached hydrogen (secondary N) is 1. The molecule has 0 spiro atoms. The topological polar surface area (TPSA) is 68.5 Å². The van der Waals surface area contributed by atoms with Crippen molar-refractivity contribution in [2.24, 2.45) is 5.92 Å². The normalized spacial score (nSPS) is 10.9. The van der Waals surface area contributed by atoms with Crippen LogP contribution in [0.15, 0.2) is 57.7 Å². The maximum Gasteiger partial charge on any atom is 0.336 e. The van der Waals surface area contributed by atoms with Gasteiger partial charge in [0.15, 0.2) is 0 Å². The van der Waals surface area contributed by atoms with Crippen LogP contribution in [-0.4, -0.2) is 13.0 Å². The summed E-state index contributed by atoms with van der Waals surface area (Å²) in [6.45, 7) is 3.63. The minimum absolute atomic E-state index is 0.0948. The van der Waals surface area contributed by atoms with E-state index in [4.69, 9.17) is 9.15 Å². The lowest BCUT2D eigenvalue weighted by Gasteiger charge is -2.12.